The third-order valence-corrected chi connectivity index (χ3v) is 3.83. The quantitative estimate of drug-likeness (QED) is 0.693. The Morgan fingerprint density at radius 1 is 1.18 bits per heavy atom. The molecule has 0 aliphatic rings. The SMILES string of the molecule is Cc1cn(CC(=O)N(CCOC(C)(C)C)OCc2ccccc2)c(=O)[nH]c1=O. The number of carbonyl (C=O) groups excluding carboxylic acids is 1. The molecule has 1 heterocycles. The fourth-order valence-corrected chi connectivity index (χ4v) is 2.38. The summed E-state index contributed by atoms with van der Waals surface area (Å²) in [5.41, 5.74) is -0.196. The van der Waals surface area contributed by atoms with Crippen molar-refractivity contribution in [1.82, 2.24) is 14.6 Å². The van der Waals surface area contributed by atoms with Gasteiger partial charge in [0.2, 0.25) is 0 Å². The van der Waals surface area contributed by atoms with Gasteiger partial charge in [-0.15, -0.1) is 0 Å². The fraction of sp³-hybridized carbons (Fsp3) is 0.450. The van der Waals surface area contributed by atoms with E-state index >= 15 is 0 Å². The summed E-state index contributed by atoms with van der Waals surface area (Å²) in [6.45, 7) is 7.79. The highest BCUT2D eigenvalue weighted by molar-refractivity contribution is 5.74. The maximum atomic E-state index is 12.7. The van der Waals surface area contributed by atoms with E-state index in [4.69, 9.17) is 9.57 Å². The molecule has 0 aliphatic carbocycles. The molecular weight excluding hydrogens is 362 g/mol. The summed E-state index contributed by atoms with van der Waals surface area (Å²) in [4.78, 5) is 44.1. The Hall–Kier alpha value is -2.71. The topological polar surface area (TPSA) is 93.6 Å². The minimum absolute atomic E-state index is 0.208. The summed E-state index contributed by atoms with van der Waals surface area (Å²) in [5, 5.41) is 1.20. The van der Waals surface area contributed by atoms with Crippen LogP contribution in [-0.2, 0) is 27.5 Å². The van der Waals surface area contributed by atoms with Crippen LogP contribution in [0.3, 0.4) is 0 Å². The van der Waals surface area contributed by atoms with Gasteiger partial charge in [-0.2, -0.15) is 0 Å². The monoisotopic (exact) mass is 389 g/mol. The number of aryl methyl sites for hydroxylation is 1. The van der Waals surface area contributed by atoms with Crippen molar-refractivity contribution in [2.24, 2.45) is 0 Å². The van der Waals surface area contributed by atoms with E-state index in [1.807, 2.05) is 51.1 Å². The highest BCUT2D eigenvalue weighted by atomic mass is 16.7. The Labute approximate surface area is 163 Å². The van der Waals surface area contributed by atoms with Crippen LogP contribution in [0.4, 0.5) is 0 Å². The zero-order valence-corrected chi connectivity index (χ0v) is 16.7. The van der Waals surface area contributed by atoms with Gasteiger partial charge in [-0.25, -0.2) is 9.86 Å². The van der Waals surface area contributed by atoms with Gasteiger partial charge >= 0.3 is 5.69 Å². The molecule has 0 bridgehead atoms. The van der Waals surface area contributed by atoms with Gasteiger partial charge in [0.25, 0.3) is 11.5 Å². The smallest absolute Gasteiger partial charge is 0.328 e. The number of hydrogen-bond donors (Lipinski definition) is 1. The highest BCUT2D eigenvalue weighted by Crippen LogP contribution is 2.08. The van der Waals surface area contributed by atoms with Gasteiger partial charge in [-0.05, 0) is 33.3 Å². The number of amides is 1. The standard InChI is InChI=1S/C20H27N3O5/c1-15-12-22(19(26)21-18(15)25)13-17(24)23(10-11-27-20(2,3)4)28-14-16-8-6-5-7-9-16/h5-9,12H,10-11,13-14H2,1-4H3,(H,21,25,26). The molecule has 0 radical (unpaired) electrons. The number of nitrogens with one attached hydrogen (secondary N) is 1. The Balaban J connectivity index is 2.09. The number of carbonyl (C=O) groups is 1. The first-order valence-electron chi connectivity index (χ1n) is 9.07. The summed E-state index contributed by atoms with van der Waals surface area (Å²) in [6.07, 6.45) is 1.36. The predicted octanol–water partition coefficient (Wildman–Crippen LogP) is 1.62. The second-order valence-corrected chi connectivity index (χ2v) is 7.42. The number of aromatic nitrogens is 2. The summed E-state index contributed by atoms with van der Waals surface area (Å²) in [7, 11) is 0. The molecule has 1 aromatic heterocycles. The van der Waals surface area contributed by atoms with Crippen molar-refractivity contribution >= 4 is 5.91 Å². The molecule has 2 rings (SSSR count). The van der Waals surface area contributed by atoms with Gasteiger partial charge in [-0.3, -0.25) is 24.0 Å². The lowest BCUT2D eigenvalue weighted by atomic mass is 10.2. The van der Waals surface area contributed by atoms with E-state index in [9.17, 15) is 14.4 Å². The van der Waals surface area contributed by atoms with Crippen LogP contribution in [0.1, 0.15) is 31.9 Å². The number of hydroxylamine groups is 2. The average Bonchev–Trinajstić information content (AvgIpc) is 2.62. The van der Waals surface area contributed by atoms with Crippen LogP contribution in [0.2, 0.25) is 0 Å². The van der Waals surface area contributed by atoms with E-state index < -0.39 is 17.2 Å². The summed E-state index contributed by atoms with van der Waals surface area (Å²) >= 11 is 0. The van der Waals surface area contributed by atoms with Gasteiger partial charge in [0.1, 0.15) is 13.2 Å². The minimum Gasteiger partial charge on any atom is -0.374 e. The van der Waals surface area contributed by atoms with E-state index in [2.05, 4.69) is 4.98 Å². The minimum atomic E-state index is -0.641. The zero-order valence-electron chi connectivity index (χ0n) is 16.7. The van der Waals surface area contributed by atoms with Crippen molar-refractivity contribution in [2.45, 2.75) is 46.4 Å². The van der Waals surface area contributed by atoms with Crippen molar-refractivity contribution in [3.63, 3.8) is 0 Å². The zero-order chi connectivity index (χ0) is 20.7. The normalized spacial score (nSPS) is 11.4. The number of nitrogens with zero attached hydrogens (tertiary/aromatic N) is 2. The number of aromatic amines is 1. The van der Waals surface area contributed by atoms with Crippen LogP contribution >= 0.6 is 0 Å². The number of benzene rings is 1. The summed E-state index contributed by atoms with van der Waals surface area (Å²) in [6, 6.07) is 9.45. The molecule has 8 nitrogen and oxygen atoms in total. The van der Waals surface area contributed by atoms with Gasteiger partial charge in [0.05, 0.1) is 18.8 Å². The molecule has 0 fully saturated rings. The lowest BCUT2D eigenvalue weighted by molar-refractivity contribution is -0.198. The first kappa shape index (κ1) is 21.6. The van der Waals surface area contributed by atoms with Crippen molar-refractivity contribution in [3.05, 3.63) is 68.5 Å². The molecule has 0 saturated carbocycles. The maximum absolute atomic E-state index is 12.7. The van der Waals surface area contributed by atoms with Crippen LogP contribution in [0.25, 0.3) is 0 Å². The third-order valence-electron chi connectivity index (χ3n) is 3.83. The van der Waals surface area contributed by atoms with Crippen molar-refractivity contribution in [2.75, 3.05) is 13.2 Å². The molecule has 0 atom stereocenters. The van der Waals surface area contributed by atoms with Crippen molar-refractivity contribution in [1.29, 1.82) is 0 Å². The number of H-pyrrole nitrogens is 1. The van der Waals surface area contributed by atoms with E-state index in [1.54, 1.807) is 6.92 Å². The Kier molecular flexibility index (Phi) is 7.31. The van der Waals surface area contributed by atoms with Crippen LogP contribution in [0.15, 0.2) is 46.1 Å². The number of ether oxygens (including phenoxy) is 1. The molecule has 0 saturated heterocycles. The van der Waals surface area contributed by atoms with Gasteiger partial charge < -0.3 is 4.74 Å². The molecule has 1 aromatic carbocycles. The Bertz CT molecular complexity index is 897. The maximum Gasteiger partial charge on any atom is 0.328 e. The fourth-order valence-electron chi connectivity index (χ4n) is 2.38. The van der Waals surface area contributed by atoms with E-state index in [1.165, 1.54) is 11.3 Å². The largest absolute Gasteiger partial charge is 0.374 e. The first-order chi connectivity index (χ1) is 13.2. The number of hydrogen-bond acceptors (Lipinski definition) is 5. The molecular formula is C20H27N3O5. The molecule has 8 heteroatoms. The molecule has 2 aromatic rings. The predicted molar refractivity (Wildman–Crippen MR) is 105 cm³/mol. The third kappa shape index (κ3) is 6.79. The van der Waals surface area contributed by atoms with Crippen LogP contribution in [-0.4, -0.2) is 39.3 Å². The second kappa shape index (κ2) is 9.48. The second-order valence-electron chi connectivity index (χ2n) is 7.42. The Morgan fingerprint density at radius 2 is 1.86 bits per heavy atom. The molecule has 0 aliphatic heterocycles. The lowest BCUT2D eigenvalue weighted by Crippen LogP contribution is -2.40. The van der Waals surface area contributed by atoms with Crippen molar-refractivity contribution < 1.29 is 14.4 Å². The van der Waals surface area contributed by atoms with Crippen molar-refractivity contribution in [3.8, 4) is 0 Å². The van der Waals surface area contributed by atoms with Gasteiger partial charge in [0.15, 0.2) is 0 Å². The first-order valence-corrected chi connectivity index (χ1v) is 9.07. The van der Waals surface area contributed by atoms with Gasteiger partial charge in [0, 0.05) is 11.8 Å². The van der Waals surface area contributed by atoms with Crippen LogP contribution < -0.4 is 11.2 Å². The van der Waals surface area contributed by atoms with Crippen LogP contribution in [0.5, 0.6) is 0 Å². The molecule has 1 amide bonds. The molecule has 0 spiro atoms. The molecule has 0 unspecified atom stereocenters. The molecule has 1 N–H and O–H groups in total. The molecule has 152 valence electrons. The highest BCUT2D eigenvalue weighted by Gasteiger charge is 2.18. The average molecular weight is 389 g/mol. The van der Waals surface area contributed by atoms with Gasteiger partial charge in [-0.1, -0.05) is 30.3 Å². The van der Waals surface area contributed by atoms with E-state index in [-0.39, 0.29) is 31.9 Å². The summed E-state index contributed by atoms with van der Waals surface area (Å²) in [5.74, 6) is -0.415. The molecule has 28 heavy (non-hydrogen) atoms. The van der Waals surface area contributed by atoms with E-state index in [0.29, 0.717) is 5.56 Å². The van der Waals surface area contributed by atoms with Crippen LogP contribution in [0, 0.1) is 6.92 Å². The Morgan fingerprint density at radius 3 is 2.50 bits per heavy atom. The van der Waals surface area contributed by atoms with E-state index in [0.717, 1.165) is 10.1 Å². The number of rotatable bonds is 8. The lowest BCUT2D eigenvalue weighted by Gasteiger charge is -2.25. The summed E-state index contributed by atoms with van der Waals surface area (Å²) < 4.78 is 6.84.